The molecule has 0 radical (unpaired) electrons. The lowest BCUT2D eigenvalue weighted by atomic mass is 10.2. The number of benzene rings is 1. The van der Waals surface area contributed by atoms with E-state index in [1.165, 1.54) is 10.5 Å². The third-order valence-corrected chi connectivity index (χ3v) is 4.61. The molecule has 0 aliphatic carbocycles. The number of quaternary nitrogens is 2. The molecule has 0 saturated carbocycles. The van der Waals surface area contributed by atoms with Gasteiger partial charge in [0.15, 0.2) is 6.54 Å². The van der Waals surface area contributed by atoms with E-state index < -0.39 is 0 Å². The molecule has 0 aromatic heterocycles. The predicted octanol–water partition coefficient (Wildman–Crippen LogP) is -0.602. The number of carbonyl (C=O) groups is 1. The van der Waals surface area contributed by atoms with Crippen molar-refractivity contribution in [2.24, 2.45) is 0 Å². The topological polar surface area (TPSA) is 38.0 Å². The number of hydrogen-bond acceptors (Lipinski definition) is 1. The van der Waals surface area contributed by atoms with E-state index in [1.807, 2.05) is 6.07 Å². The summed E-state index contributed by atoms with van der Waals surface area (Å²) in [5, 5.41) is 3.06. The first-order valence-corrected chi connectivity index (χ1v) is 8.85. The Kier molecular flexibility index (Phi) is 7.30. The van der Waals surface area contributed by atoms with Gasteiger partial charge in [-0.1, -0.05) is 43.3 Å². The lowest BCUT2D eigenvalue weighted by Crippen LogP contribution is -3.28. The quantitative estimate of drug-likeness (QED) is 0.617. The van der Waals surface area contributed by atoms with Gasteiger partial charge in [-0.05, 0) is 25.0 Å². The molecule has 1 fully saturated rings. The van der Waals surface area contributed by atoms with Gasteiger partial charge < -0.3 is 15.1 Å². The van der Waals surface area contributed by atoms with Crippen LogP contribution in [0.1, 0.15) is 25.8 Å². The van der Waals surface area contributed by atoms with Crippen molar-refractivity contribution >= 4 is 12.0 Å². The van der Waals surface area contributed by atoms with Crippen LogP contribution in [0.5, 0.6) is 0 Å². The molecule has 4 nitrogen and oxygen atoms in total. The van der Waals surface area contributed by atoms with Crippen molar-refractivity contribution in [2.45, 2.75) is 26.3 Å². The minimum atomic E-state index is 0.196. The van der Waals surface area contributed by atoms with Gasteiger partial charge in [-0.2, -0.15) is 0 Å². The standard InChI is InChI=1S/C19H29N3O/c1-3-17(2)20-19(23)16-22-14-12-21(13-15-22)11-7-10-18-8-5-4-6-9-18/h4-10,17H,3,11-16H2,1-2H3,(H,20,23)/p+2/b10-7+/t17-/m0/s1. The molecule has 23 heavy (non-hydrogen) atoms. The Morgan fingerprint density at radius 2 is 1.83 bits per heavy atom. The Bertz CT molecular complexity index is 493. The van der Waals surface area contributed by atoms with Gasteiger partial charge in [0.05, 0.1) is 6.54 Å². The number of amides is 1. The first kappa shape index (κ1) is 17.7. The zero-order valence-electron chi connectivity index (χ0n) is 14.5. The predicted molar refractivity (Wildman–Crippen MR) is 94.5 cm³/mol. The van der Waals surface area contributed by atoms with Gasteiger partial charge in [-0.3, -0.25) is 4.79 Å². The highest BCUT2D eigenvalue weighted by molar-refractivity contribution is 5.77. The lowest BCUT2D eigenvalue weighted by molar-refractivity contribution is -1.01. The number of rotatable bonds is 7. The Morgan fingerprint density at radius 1 is 1.17 bits per heavy atom. The summed E-state index contributed by atoms with van der Waals surface area (Å²) < 4.78 is 0. The van der Waals surface area contributed by atoms with E-state index in [9.17, 15) is 4.79 Å². The van der Waals surface area contributed by atoms with Crippen LogP contribution in [0.25, 0.3) is 6.08 Å². The average Bonchev–Trinajstić information content (AvgIpc) is 2.57. The number of hydrogen-bond donors (Lipinski definition) is 3. The van der Waals surface area contributed by atoms with Crippen molar-refractivity contribution < 1.29 is 14.6 Å². The number of carbonyl (C=O) groups excluding carboxylic acids is 1. The summed E-state index contributed by atoms with van der Waals surface area (Å²) in [5.41, 5.74) is 1.26. The summed E-state index contributed by atoms with van der Waals surface area (Å²) in [6, 6.07) is 10.7. The lowest BCUT2D eigenvalue weighted by Gasteiger charge is -2.29. The van der Waals surface area contributed by atoms with Crippen molar-refractivity contribution in [3.63, 3.8) is 0 Å². The molecule has 1 saturated heterocycles. The molecule has 0 unspecified atom stereocenters. The van der Waals surface area contributed by atoms with Crippen LogP contribution >= 0.6 is 0 Å². The van der Waals surface area contributed by atoms with E-state index >= 15 is 0 Å². The first-order chi connectivity index (χ1) is 11.2. The summed E-state index contributed by atoms with van der Waals surface area (Å²) in [6.45, 7) is 10.3. The Hall–Kier alpha value is -1.65. The summed E-state index contributed by atoms with van der Waals surface area (Å²) in [4.78, 5) is 15.0. The van der Waals surface area contributed by atoms with Gasteiger partial charge in [-0.25, -0.2) is 0 Å². The fourth-order valence-electron chi connectivity index (χ4n) is 2.92. The van der Waals surface area contributed by atoms with E-state index in [0.29, 0.717) is 6.54 Å². The van der Waals surface area contributed by atoms with Crippen LogP contribution in [0.3, 0.4) is 0 Å². The van der Waals surface area contributed by atoms with Gasteiger partial charge in [0.1, 0.15) is 26.2 Å². The highest BCUT2D eigenvalue weighted by Gasteiger charge is 2.24. The molecule has 1 heterocycles. The van der Waals surface area contributed by atoms with E-state index in [4.69, 9.17) is 0 Å². The van der Waals surface area contributed by atoms with Crippen LogP contribution in [-0.4, -0.2) is 51.2 Å². The van der Waals surface area contributed by atoms with Crippen LogP contribution in [0.2, 0.25) is 0 Å². The van der Waals surface area contributed by atoms with Crippen LogP contribution in [0, 0.1) is 0 Å². The molecule has 1 atom stereocenters. The first-order valence-electron chi connectivity index (χ1n) is 8.85. The summed E-state index contributed by atoms with van der Waals surface area (Å²) in [5.74, 6) is 0.196. The van der Waals surface area contributed by atoms with Crippen molar-refractivity contribution in [3.8, 4) is 0 Å². The normalized spacial score (nSPS) is 22.9. The number of piperazine rings is 1. The minimum absolute atomic E-state index is 0.196. The summed E-state index contributed by atoms with van der Waals surface area (Å²) in [6.07, 6.45) is 5.46. The zero-order chi connectivity index (χ0) is 16.5. The molecule has 3 N–H and O–H groups in total. The van der Waals surface area contributed by atoms with Gasteiger partial charge in [0.2, 0.25) is 0 Å². The molecular formula is C19H31N3O+2. The van der Waals surface area contributed by atoms with Gasteiger partial charge in [-0.15, -0.1) is 0 Å². The molecule has 1 aliphatic heterocycles. The van der Waals surface area contributed by atoms with E-state index in [0.717, 1.165) is 39.1 Å². The molecule has 4 heteroatoms. The molecule has 126 valence electrons. The largest absolute Gasteiger partial charge is 0.349 e. The Labute approximate surface area is 140 Å². The maximum Gasteiger partial charge on any atom is 0.275 e. The van der Waals surface area contributed by atoms with Crippen molar-refractivity contribution in [1.29, 1.82) is 0 Å². The van der Waals surface area contributed by atoms with Crippen LogP contribution < -0.4 is 15.1 Å². The van der Waals surface area contributed by atoms with Crippen LogP contribution in [0.4, 0.5) is 0 Å². The van der Waals surface area contributed by atoms with Crippen molar-refractivity contribution in [1.82, 2.24) is 5.32 Å². The highest BCUT2D eigenvalue weighted by atomic mass is 16.2. The summed E-state index contributed by atoms with van der Waals surface area (Å²) in [7, 11) is 0. The highest BCUT2D eigenvalue weighted by Crippen LogP contribution is 1.99. The van der Waals surface area contributed by atoms with Crippen molar-refractivity contribution in [3.05, 3.63) is 42.0 Å². The fraction of sp³-hybridized carbons (Fsp3) is 0.526. The monoisotopic (exact) mass is 317 g/mol. The van der Waals surface area contributed by atoms with E-state index in [1.54, 1.807) is 4.90 Å². The second-order valence-electron chi connectivity index (χ2n) is 6.57. The second kappa shape index (κ2) is 9.48. The molecule has 2 rings (SSSR count). The number of nitrogens with one attached hydrogen (secondary N) is 3. The minimum Gasteiger partial charge on any atom is -0.349 e. The van der Waals surface area contributed by atoms with E-state index in [-0.39, 0.29) is 11.9 Å². The molecule has 1 aromatic rings. The molecule has 1 aromatic carbocycles. The molecule has 0 spiro atoms. The SMILES string of the molecule is CC[C@H](C)NC(=O)C[NH+]1CC[NH+](C/C=C/c2ccccc2)CC1. The molecular weight excluding hydrogens is 286 g/mol. The maximum atomic E-state index is 11.9. The Balaban J connectivity index is 1.66. The zero-order valence-corrected chi connectivity index (χ0v) is 14.5. The fourth-order valence-corrected chi connectivity index (χ4v) is 2.92. The molecule has 0 bridgehead atoms. The molecule has 1 aliphatic rings. The van der Waals surface area contributed by atoms with Gasteiger partial charge in [0, 0.05) is 6.04 Å². The van der Waals surface area contributed by atoms with Crippen molar-refractivity contribution in [2.75, 3.05) is 39.3 Å². The Morgan fingerprint density at radius 3 is 2.48 bits per heavy atom. The maximum absolute atomic E-state index is 11.9. The molecule has 1 amide bonds. The summed E-state index contributed by atoms with van der Waals surface area (Å²) >= 11 is 0. The van der Waals surface area contributed by atoms with Gasteiger partial charge >= 0.3 is 0 Å². The second-order valence-corrected chi connectivity index (χ2v) is 6.57. The van der Waals surface area contributed by atoms with E-state index in [2.05, 4.69) is 55.6 Å². The average molecular weight is 317 g/mol. The van der Waals surface area contributed by atoms with Crippen LogP contribution in [-0.2, 0) is 4.79 Å². The third-order valence-electron chi connectivity index (χ3n) is 4.61. The third kappa shape index (κ3) is 6.55. The van der Waals surface area contributed by atoms with Gasteiger partial charge in [0.25, 0.3) is 5.91 Å². The smallest absolute Gasteiger partial charge is 0.275 e. The van der Waals surface area contributed by atoms with Crippen LogP contribution in [0.15, 0.2) is 36.4 Å².